The number of tetrazole rings is 1. The van der Waals surface area contributed by atoms with E-state index in [-0.39, 0.29) is 5.91 Å². The second-order valence-electron chi connectivity index (χ2n) is 5.43. The molecule has 0 fully saturated rings. The van der Waals surface area contributed by atoms with E-state index in [4.69, 9.17) is 0 Å². The fourth-order valence-corrected chi connectivity index (χ4v) is 2.33. The molecule has 1 amide bonds. The van der Waals surface area contributed by atoms with Crippen LogP contribution in [0.4, 0.5) is 0 Å². The molecule has 1 aromatic carbocycles. The van der Waals surface area contributed by atoms with E-state index in [2.05, 4.69) is 34.7 Å². The molecule has 1 N–H and O–H groups in total. The Morgan fingerprint density at radius 1 is 1.27 bits per heavy atom. The highest BCUT2D eigenvalue weighted by molar-refractivity contribution is 5.94. The highest BCUT2D eigenvalue weighted by Gasteiger charge is 2.10. The van der Waals surface area contributed by atoms with Gasteiger partial charge < -0.3 is 5.32 Å². The summed E-state index contributed by atoms with van der Waals surface area (Å²) < 4.78 is 1.56. The van der Waals surface area contributed by atoms with Crippen LogP contribution in [0, 0.1) is 5.92 Å². The van der Waals surface area contributed by atoms with Crippen molar-refractivity contribution in [2.24, 2.45) is 5.92 Å². The van der Waals surface area contributed by atoms with E-state index < -0.39 is 0 Å². The lowest BCUT2D eigenvalue weighted by molar-refractivity contribution is 0.0946. The molecule has 0 aliphatic carbocycles. The van der Waals surface area contributed by atoms with E-state index >= 15 is 0 Å². The van der Waals surface area contributed by atoms with Gasteiger partial charge >= 0.3 is 0 Å². The number of hydrogen-bond acceptors (Lipinski definition) is 4. The quantitative estimate of drug-likeness (QED) is 0.813. The summed E-state index contributed by atoms with van der Waals surface area (Å²) in [5.41, 5.74) is 1.48. The molecular formula is C16H23N5O. The summed E-state index contributed by atoms with van der Waals surface area (Å²) in [6.45, 7) is 5.11. The highest BCUT2D eigenvalue weighted by Crippen LogP contribution is 2.12. The minimum atomic E-state index is -0.0294. The number of aromatic nitrogens is 4. The van der Waals surface area contributed by atoms with Gasteiger partial charge in [-0.15, -0.1) is 5.10 Å². The zero-order chi connectivity index (χ0) is 15.8. The minimum Gasteiger partial charge on any atom is -0.352 e. The normalized spacial score (nSPS) is 12.1. The lowest BCUT2D eigenvalue weighted by atomic mass is 9.99. The number of rotatable bonds is 8. The van der Waals surface area contributed by atoms with Crippen molar-refractivity contribution >= 4 is 5.91 Å². The Labute approximate surface area is 130 Å². The number of nitrogens with one attached hydrogen (secondary N) is 1. The van der Waals surface area contributed by atoms with Crippen LogP contribution < -0.4 is 5.32 Å². The van der Waals surface area contributed by atoms with Crippen molar-refractivity contribution in [2.45, 2.75) is 39.5 Å². The van der Waals surface area contributed by atoms with Gasteiger partial charge in [-0.05, 0) is 47.0 Å². The molecule has 22 heavy (non-hydrogen) atoms. The number of unbranched alkanes of at least 4 members (excludes halogenated alkanes) is 1. The lowest BCUT2D eigenvalue weighted by Gasteiger charge is -2.15. The summed E-state index contributed by atoms with van der Waals surface area (Å²) in [5, 5.41) is 14.0. The molecule has 0 saturated heterocycles. The summed E-state index contributed by atoms with van der Waals surface area (Å²) in [6, 6.07) is 7.25. The van der Waals surface area contributed by atoms with Crippen LogP contribution in [0.2, 0.25) is 0 Å². The maximum absolute atomic E-state index is 12.2. The summed E-state index contributed by atoms with van der Waals surface area (Å²) in [6.07, 6.45) is 6.21. The van der Waals surface area contributed by atoms with Crippen LogP contribution in [0.25, 0.3) is 5.69 Å². The van der Waals surface area contributed by atoms with Gasteiger partial charge in [0.15, 0.2) is 0 Å². The average Bonchev–Trinajstić information content (AvgIpc) is 3.09. The SMILES string of the molecule is CCCCC(CC)CNC(=O)c1ccc(-n2cnnn2)cc1. The van der Waals surface area contributed by atoms with E-state index in [1.807, 2.05) is 12.1 Å². The standard InChI is InChI=1S/C16H23N5O/c1-3-5-6-13(4-2)11-17-16(22)14-7-9-15(10-8-14)21-12-18-19-20-21/h7-10,12-13H,3-6,11H2,1-2H3,(H,17,22). The van der Waals surface area contributed by atoms with Gasteiger partial charge in [-0.1, -0.05) is 33.1 Å². The third-order valence-electron chi connectivity index (χ3n) is 3.84. The molecule has 118 valence electrons. The van der Waals surface area contributed by atoms with E-state index in [1.54, 1.807) is 16.8 Å². The smallest absolute Gasteiger partial charge is 0.251 e. The fraction of sp³-hybridized carbons (Fsp3) is 0.500. The van der Waals surface area contributed by atoms with Crippen LogP contribution in [0.1, 0.15) is 49.9 Å². The predicted octanol–water partition coefficient (Wildman–Crippen LogP) is 2.61. The minimum absolute atomic E-state index is 0.0294. The van der Waals surface area contributed by atoms with Crippen molar-refractivity contribution in [2.75, 3.05) is 6.54 Å². The summed E-state index contributed by atoms with van der Waals surface area (Å²) >= 11 is 0. The van der Waals surface area contributed by atoms with Crippen molar-refractivity contribution in [1.82, 2.24) is 25.5 Å². The third kappa shape index (κ3) is 4.38. The molecule has 0 radical (unpaired) electrons. The topological polar surface area (TPSA) is 72.7 Å². The van der Waals surface area contributed by atoms with Gasteiger partial charge in [0.2, 0.25) is 0 Å². The lowest BCUT2D eigenvalue weighted by Crippen LogP contribution is -2.29. The first kappa shape index (κ1) is 16.1. The monoisotopic (exact) mass is 301 g/mol. The summed E-state index contributed by atoms with van der Waals surface area (Å²) in [5.74, 6) is 0.530. The molecule has 0 bridgehead atoms. The number of benzene rings is 1. The number of amides is 1. The van der Waals surface area contributed by atoms with Crippen LogP contribution in [-0.4, -0.2) is 32.7 Å². The molecule has 2 aromatic rings. The number of nitrogens with zero attached hydrogens (tertiary/aromatic N) is 4. The van der Waals surface area contributed by atoms with Gasteiger partial charge in [0.25, 0.3) is 5.91 Å². The molecule has 1 heterocycles. The third-order valence-corrected chi connectivity index (χ3v) is 3.84. The number of carbonyl (C=O) groups excluding carboxylic acids is 1. The van der Waals surface area contributed by atoms with Crippen molar-refractivity contribution in [3.8, 4) is 5.69 Å². The average molecular weight is 301 g/mol. The zero-order valence-corrected chi connectivity index (χ0v) is 13.2. The Hall–Kier alpha value is -2.24. The van der Waals surface area contributed by atoms with Gasteiger partial charge in [-0.2, -0.15) is 0 Å². The van der Waals surface area contributed by atoms with Gasteiger partial charge in [0, 0.05) is 12.1 Å². The molecule has 0 saturated carbocycles. The number of carbonyl (C=O) groups is 1. The fourth-order valence-electron chi connectivity index (χ4n) is 2.33. The molecule has 0 aliphatic rings. The van der Waals surface area contributed by atoms with Crippen LogP contribution in [0.15, 0.2) is 30.6 Å². The Morgan fingerprint density at radius 2 is 2.05 bits per heavy atom. The Balaban J connectivity index is 1.89. The predicted molar refractivity (Wildman–Crippen MR) is 84.8 cm³/mol. The largest absolute Gasteiger partial charge is 0.352 e. The maximum Gasteiger partial charge on any atom is 0.251 e. The first-order chi connectivity index (χ1) is 10.7. The van der Waals surface area contributed by atoms with E-state index in [0.717, 1.165) is 18.7 Å². The maximum atomic E-state index is 12.2. The van der Waals surface area contributed by atoms with Crippen molar-refractivity contribution in [1.29, 1.82) is 0 Å². The molecule has 1 aromatic heterocycles. The van der Waals surface area contributed by atoms with E-state index in [0.29, 0.717) is 11.5 Å². The summed E-state index contributed by atoms with van der Waals surface area (Å²) in [7, 11) is 0. The zero-order valence-electron chi connectivity index (χ0n) is 13.2. The second-order valence-corrected chi connectivity index (χ2v) is 5.43. The van der Waals surface area contributed by atoms with Gasteiger partial charge in [0.1, 0.15) is 6.33 Å². The summed E-state index contributed by atoms with van der Waals surface area (Å²) in [4.78, 5) is 12.2. The Bertz CT molecular complexity index is 565. The first-order valence-electron chi connectivity index (χ1n) is 7.86. The van der Waals surface area contributed by atoms with Gasteiger partial charge in [-0.3, -0.25) is 4.79 Å². The van der Waals surface area contributed by atoms with Crippen LogP contribution in [0.3, 0.4) is 0 Å². The Morgan fingerprint density at radius 3 is 2.64 bits per heavy atom. The molecule has 6 heteroatoms. The second kappa shape index (κ2) is 8.26. The van der Waals surface area contributed by atoms with Crippen LogP contribution in [-0.2, 0) is 0 Å². The molecular weight excluding hydrogens is 278 g/mol. The molecule has 1 unspecified atom stereocenters. The van der Waals surface area contributed by atoms with E-state index in [1.165, 1.54) is 25.6 Å². The molecule has 2 rings (SSSR count). The molecule has 6 nitrogen and oxygen atoms in total. The van der Waals surface area contributed by atoms with Gasteiger partial charge in [0.05, 0.1) is 5.69 Å². The molecule has 0 aliphatic heterocycles. The van der Waals surface area contributed by atoms with Crippen molar-refractivity contribution in [3.05, 3.63) is 36.2 Å². The molecule has 0 spiro atoms. The van der Waals surface area contributed by atoms with Crippen molar-refractivity contribution < 1.29 is 4.79 Å². The van der Waals surface area contributed by atoms with Crippen LogP contribution >= 0.6 is 0 Å². The van der Waals surface area contributed by atoms with Crippen LogP contribution in [0.5, 0.6) is 0 Å². The first-order valence-corrected chi connectivity index (χ1v) is 7.86. The van der Waals surface area contributed by atoms with E-state index in [9.17, 15) is 4.79 Å². The molecule has 1 atom stereocenters. The Kier molecular flexibility index (Phi) is 6.06. The van der Waals surface area contributed by atoms with Gasteiger partial charge in [-0.25, -0.2) is 4.68 Å². The highest BCUT2D eigenvalue weighted by atomic mass is 16.1. The van der Waals surface area contributed by atoms with Crippen molar-refractivity contribution in [3.63, 3.8) is 0 Å². The number of hydrogen-bond donors (Lipinski definition) is 1.